The lowest BCUT2D eigenvalue weighted by molar-refractivity contribution is 0.0317. The fourth-order valence-electron chi connectivity index (χ4n) is 4.72. The van der Waals surface area contributed by atoms with Crippen molar-refractivity contribution in [1.29, 1.82) is 0 Å². The van der Waals surface area contributed by atoms with Gasteiger partial charge in [-0.05, 0) is 43.7 Å². The molecule has 0 radical (unpaired) electrons. The summed E-state index contributed by atoms with van der Waals surface area (Å²) >= 11 is 0. The number of aliphatic hydroxyl groups excluding tert-OH is 1. The minimum atomic E-state index is -1.13. The Morgan fingerprint density at radius 1 is 1.22 bits per heavy atom. The lowest BCUT2D eigenvalue weighted by Crippen LogP contribution is -2.55. The van der Waals surface area contributed by atoms with Gasteiger partial charge in [0.25, 0.3) is 5.91 Å². The molecule has 2 amide bonds. The van der Waals surface area contributed by atoms with Crippen molar-refractivity contribution in [3.05, 3.63) is 41.2 Å². The van der Waals surface area contributed by atoms with Crippen LogP contribution < -0.4 is 0 Å². The second-order valence-corrected chi connectivity index (χ2v) is 9.79. The Morgan fingerprint density at radius 2 is 1.92 bits per heavy atom. The monoisotopic (exact) mass is 523 g/mol. The molecule has 1 saturated heterocycles. The molecule has 0 aliphatic carbocycles. The van der Waals surface area contributed by atoms with Crippen molar-refractivity contribution in [3.8, 4) is 5.69 Å². The number of piperidine rings is 1. The Balaban J connectivity index is 2.03. The van der Waals surface area contributed by atoms with Gasteiger partial charge in [-0.2, -0.15) is 0 Å². The van der Waals surface area contributed by atoms with Crippen molar-refractivity contribution in [1.82, 2.24) is 24.8 Å². The second-order valence-electron chi connectivity index (χ2n) is 9.79. The van der Waals surface area contributed by atoms with Crippen molar-refractivity contribution >= 4 is 12.0 Å². The largest absolute Gasteiger partial charge is 0.465 e. The van der Waals surface area contributed by atoms with Gasteiger partial charge >= 0.3 is 6.09 Å². The zero-order chi connectivity index (χ0) is 27.1. The van der Waals surface area contributed by atoms with E-state index in [9.17, 15) is 28.6 Å². The van der Waals surface area contributed by atoms with Gasteiger partial charge in [-0.25, -0.2) is 18.3 Å². The quantitative estimate of drug-likeness (QED) is 0.435. The number of hydrogen-bond acceptors (Lipinski definition) is 6. The number of carbonyl (C=O) groups is 2. The Hall–Kier alpha value is -3.12. The molecular formula is C25H35F2N5O5. The van der Waals surface area contributed by atoms with E-state index in [1.807, 2.05) is 13.8 Å². The lowest BCUT2D eigenvalue weighted by Gasteiger charge is -2.41. The summed E-state index contributed by atoms with van der Waals surface area (Å²) in [5.74, 6) is -2.45. The number of likely N-dealkylation sites (tertiary alicyclic amines) is 1. The van der Waals surface area contributed by atoms with Gasteiger partial charge in [0.2, 0.25) is 0 Å². The van der Waals surface area contributed by atoms with Crippen LogP contribution in [0.5, 0.6) is 0 Å². The van der Waals surface area contributed by atoms with Crippen molar-refractivity contribution in [2.45, 2.75) is 45.6 Å². The number of carbonyl (C=O) groups excluding carboxylic acids is 1. The molecule has 204 valence electrons. The molecule has 0 bridgehead atoms. The summed E-state index contributed by atoms with van der Waals surface area (Å²) in [6, 6.07) is 2.96. The first-order valence-corrected chi connectivity index (χ1v) is 12.4. The maximum absolute atomic E-state index is 14.7. The predicted octanol–water partition coefficient (Wildman–Crippen LogP) is 2.97. The summed E-state index contributed by atoms with van der Waals surface area (Å²) in [6.07, 6.45) is 0.771. The average Bonchev–Trinajstić information content (AvgIpc) is 3.27. The molecular weight excluding hydrogens is 488 g/mol. The van der Waals surface area contributed by atoms with Crippen molar-refractivity contribution < 1.29 is 33.3 Å². The van der Waals surface area contributed by atoms with Crippen LogP contribution in [0.2, 0.25) is 0 Å². The van der Waals surface area contributed by atoms with E-state index in [1.54, 1.807) is 12.0 Å². The first-order chi connectivity index (χ1) is 17.7. The van der Waals surface area contributed by atoms with E-state index in [2.05, 4.69) is 10.3 Å². The van der Waals surface area contributed by atoms with Crippen LogP contribution in [-0.2, 0) is 11.2 Å². The third-order valence-corrected chi connectivity index (χ3v) is 6.43. The zero-order valence-electron chi connectivity index (χ0n) is 21.4. The second kappa shape index (κ2) is 12.9. The Bertz CT molecular complexity index is 1060. The van der Waals surface area contributed by atoms with E-state index in [0.29, 0.717) is 32.4 Å². The van der Waals surface area contributed by atoms with Crippen LogP contribution in [0.15, 0.2) is 18.2 Å². The van der Waals surface area contributed by atoms with Crippen molar-refractivity contribution in [3.63, 3.8) is 0 Å². The van der Waals surface area contributed by atoms with Gasteiger partial charge < -0.3 is 24.7 Å². The smallest absolute Gasteiger partial charge is 0.407 e. The highest BCUT2D eigenvalue weighted by Crippen LogP contribution is 2.26. The Kier molecular flexibility index (Phi) is 9.93. The molecule has 2 N–H and O–H groups in total. The predicted molar refractivity (Wildman–Crippen MR) is 131 cm³/mol. The molecule has 37 heavy (non-hydrogen) atoms. The van der Waals surface area contributed by atoms with Gasteiger partial charge in [-0.15, -0.1) is 5.10 Å². The molecule has 2 heterocycles. The van der Waals surface area contributed by atoms with Crippen LogP contribution in [0.1, 0.15) is 49.3 Å². The number of hydrogen-bond donors (Lipinski definition) is 2. The van der Waals surface area contributed by atoms with Gasteiger partial charge in [0.15, 0.2) is 17.3 Å². The minimum absolute atomic E-state index is 0.0336. The van der Waals surface area contributed by atoms with E-state index >= 15 is 0 Å². The number of carboxylic acid groups (broad SMARTS) is 1. The summed E-state index contributed by atoms with van der Waals surface area (Å²) in [5.41, 5.74) is -0.182. The summed E-state index contributed by atoms with van der Waals surface area (Å²) in [5, 5.41) is 27.4. The number of rotatable bonds is 11. The van der Waals surface area contributed by atoms with Gasteiger partial charge in [0, 0.05) is 45.9 Å². The van der Waals surface area contributed by atoms with Crippen LogP contribution in [0, 0.1) is 23.5 Å². The number of aromatic nitrogens is 3. The number of methoxy groups -OCH3 is 1. The Labute approximate surface area is 214 Å². The highest BCUT2D eigenvalue weighted by molar-refractivity contribution is 5.93. The molecule has 2 aromatic rings. The number of para-hydroxylation sites is 1. The SMILES string of the molecule is COCCCCc1c(C(=O)N(CC(C)C)[C@H]2C[C@@H](CO)CN(C(=O)O)C2)nnn1-c1c(F)cccc1F. The summed E-state index contributed by atoms with van der Waals surface area (Å²) in [6.45, 7) is 4.70. The number of unbranched alkanes of at least 4 members (excludes halogenated alkanes) is 1. The summed E-state index contributed by atoms with van der Waals surface area (Å²) in [7, 11) is 1.57. The molecule has 3 rings (SSSR count). The fourth-order valence-corrected chi connectivity index (χ4v) is 4.72. The normalized spacial score (nSPS) is 17.9. The van der Waals surface area contributed by atoms with E-state index in [1.165, 1.54) is 11.0 Å². The van der Waals surface area contributed by atoms with Gasteiger partial charge in [0.05, 0.1) is 11.7 Å². The number of benzene rings is 1. The van der Waals surface area contributed by atoms with Gasteiger partial charge in [0.1, 0.15) is 5.69 Å². The van der Waals surface area contributed by atoms with E-state index < -0.39 is 35.4 Å². The molecule has 1 aliphatic heterocycles. The highest BCUT2D eigenvalue weighted by Gasteiger charge is 2.37. The van der Waals surface area contributed by atoms with Crippen LogP contribution in [-0.4, -0.2) is 93.0 Å². The maximum Gasteiger partial charge on any atom is 0.407 e. The topological polar surface area (TPSA) is 121 Å². The maximum atomic E-state index is 14.7. The van der Waals surface area contributed by atoms with Crippen LogP contribution in [0.4, 0.5) is 13.6 Å². The van der Waals surface area contributed by atoms with Gasteiger partial charge in [-0.3, -0.25) is 4.79 Å². The molecule has 10 nitrogen and oxygen atoms in total. The number of amides is 2. The van der Waals surface area contributed by atoms with E-state index in [4.69, 9.17) is 4.74 Å². The number of nitrogens with zero attached hydrogens (tertiary/aromatic N) is 5. The molecule has 2 atom stereocenters. The molecule has 1 aromatic heterocycles. The van der Waals surface area contributed by atoms with Crippen molar-refractivity contribution in [2.75, 3.05) is 40.0 Å². The lowest BCUT2D eigenvalue weighted by atomic mass is 9.93. The van der Waals surface area contributed by atoms with Crippen molar-refractivity contribution in [2.24, 2.45) is 11.8 Å². The molecule has 1 aromatic carbocycles. The minimum Gasteiger partial charge on any atom is -0.465 e. The van der Waals surface area contributed by atoms with Crippen LogP contribution >= 0.6 is 0 Å². The molecule has 12 heteroatoms. The summed E-state index contributed by atoms with van der Waals surface area (Å²) in [4.78, 5) is 28.4. The number of halogens is 2. The van der Waals surface area contributed by atoms with E-state index in [0.717, 1.165) is 16.8 Å². The third-order valence-electron chi connectivity index (χ3n) is 6.43. The van der Waals surface area contributed by atoms with Crippen LogP contribution in [0.25, 0.3) is 5.69 Å². The number of aliphatic hydroxyl groups is 1. The summed E-state index contributed by atoms with van der Waals surface area (Å²) < 4.78 is 35.5. The highest BCUT2D eigenvalue weighted by atomic mass is 19.1. The van der Waals surface area contributed by atoms with Gasteiger partial charge in [-0.1, -0.05) is 25.1 Å². The zero-order valence-corrected chi connectivity index (χ0v) is 21.4. The first kappa shape index (κ1) is 28.5. The van der Waals surface area contributed by atoms with E-state index in [-0.39, 0.29) is 49.3 Å². The number of ether oxygens (including phenoxy) is 1. The molecule has 0 spiro atoms. The molecule has 1 fully saturated rings. The Morgan fingerprint density at radius 3 is 2.51 bits per heavy atom. The molecule has 0 unspecified atom stereocenters. The first-order valence-electron chi connectivity index (χ1n) is 12.4. The fraction of sp³-hybridized carbons (Fsp3) is 0.600. The molecule has 0 saturated carbocycles. The third kappa shape index (κ3) is 6.80. The molecule has 1 aliphatic rings. The standard InChI is InChI=1S/C25H35F2N5O5/c1-16(2)12-31(18-11-17(15-33)13-30(14-18)25(35)36)24(34)22-21(9-4-5-10-37-3)32(29-28-22)23-19(26)7-6-8-20(23)27/h6-8,16-18,33H,4-5,9-15H2,1-3H3,(H,35,36)/t17-,18+/m1/s1. The van der Waals surface area contributed by atoms with Crippen LogP contribution in [0.3, 0.4) is 0 Å². The average molecular weight is 524 g/mol.